The topological polar surface area (TPSA) is 93.2 Å². The molecule has 1 saturated heterocycles. The number of aliphatic hydroxyl groups is 1. The largest absolute Gasteiger partial charge is 0.390 e. The molecule has 0 spiro atoms. The fourth-order valence-corrected chi connectivity index (χ4v) is 5.36. The number of imidazole rings is 1. The van der Waals surface area contributed by atoms with Crippen molar-refractivity contribution in [3.05, 3.63) is 35.5 Å². The number of benzene rings is 1. The predicted molar refractivity (Wildman–Crippen MR) is 118 cm³/mol. The quantitative estimate of drug-likeness (QED) is 0.645. The summed E-state index contributed by atoms with van der Waals surface area (Å²) in [6.07, 6.45) is 5.51. The Hall–Kier alpha value is -2.67. The van der Waals surface area contributed by atoms with Gasteiger partial charge in [-0.1, -0.05) is 18.1 Å². The number of carbonyl (C=O) groups is 1. The number of fused-ring (bicyclic) bond motifs is 1. The van der Waals surface area contributed by atoms with Gasteiger partial charge in [0, 0.05) is 18.0 Å². The monoisotopic (exact) mass is 422 g/mol. The van der Waals surface area contributed by atoms with Gasteiger partial charge in [0.15, 0.2) is 0 Å². The predicted octanol–water partition coefficient (Wildman–Crippen LogP) is 4.52. The van der Waals surface area contributed by atoms with E-state index in [0.717, 1.165) is 78.0 Å². The molecule has 1 saturated carbocycles. The summed E-state index contributed by atoms with van der Waals surface area (Å²) in [4.78, 5) is 17.0. The molecule has 31 heavy (non-hydrogen) atoms. The van der Waals surface area contributed by atoms with Crippen molar-refractivity contribution in [2.75, 3.05) is 0 Å². The number of hydrogen-bond donors (Lipinski definition) is 2. The molecule has 0 bridgehead atoms. The Labute approximate surface area is 181 Å². The molecule has 0 radical (unpaired) electrons. The molecule has 2 aliphatic rings. The summed E-state index contributed by atoms with van der Waals surface area (Å²) in [7, 11) is 0. The summed E-state index contributed by atoms with van der Waals surface area (Å²) in [5.41, 5.74) is 4.37. The standard InChI is InChI=1S/C24H30N4O3/c1-4-24(30)11-9-17(10-12-24)28-20-7-5-16(22-14(2)27-31-15(22)3)13-19(20)26-23(28)18-6-8-21(29)25-18/h5,7,13,17-18,30H,4,6,8-12H2,1-3H3,(H,25,29)/t17?,18-,24?/m0/s1. The molecule has 5 rings (SSSR count). The zero-order chi connectivity index (χ0) is 21.8. The maximum Gasteiger partial charge on any atom is 0.220 e. The number of carbonyl (C=O) groups excluding carboxylic acids is 1. The number of aryl methyl sites for hydroxylation is 2. The first-order valence-corrected chi connectivity index (χ1v) is 11.4. The van der Waals surface area contributed by atoms with Crippen molar-refractivity contribution >= 4 is 16.9 Å². The van der Waals surface area contributed by atoms with Gasteiger partial charge < -0.3 is 19.5 Å². The van der Waals surface area contributed by atoms with E-state index >= 15 is 0 Å². The van der Waals surface area contributed by atoms with Crippen LogP contribution in [-0.4, -0.2) is 31.3 Å². The van der Waals surface area contributed by atoms with Crippen LogP contribution in [0.15, 0.2) is 22.7 Å². The molecule has 7 nitrogen and oxygen atoms in total. The lowest BCUT2D eigenvalue weighted by molar-refractivity contribution is -0.119. The molecule has 2 fully saturated rings. The Kier molecular flexibility index (Phi) is 4.88. The lowest BCUT2D eigenvalue weighted by atomic mass is 9.80. The van der Waals surface area contributed by atoms with Crippen LogP contribution < -0.4 is 5.32 Å². The van der Waals surface area contributed by atoms with E-state index in [1.54, 1.807) is 0 Å². The first-order valence-electron chi connectivity index (χ1n) is 11.4. The van der Waals surface area contributed by atoms with E-state index in [1.807, 2.05) is 13.8 Å². The van der Waals surface area contributed by atoms with Crippen LogP contribution in [0, 0.1) is 13.8 Å². The van der Waals surface area contributed by atoms with E-state index in [2.05, 4.69) is 40.2 Å². The summed E-state index contributed by atoms with van der Waals surface area (Å²) < 4.78 is 7.69. The van der Waals surface area contributed by atoms with Gasteiger partial charge in [0.1, 0.15) is 11.6 Å². The number of aromatic nitrogens is 3. The van der Waals surface area contributed by atoms with E-state index in [0.29, 0.717) is 6.42 Å². The summed E-state index contributed by atoms with van der Waals surface area (Å²) in [5, 5.41) is 17.9. The zero-order valence-electron chi connectivity index (χ0n) is 18.4. The van der Waals surface area contributed by atoms with Crippen molar-refractivity contribution in [2.24, 2.45) is 0 Å². The summed E-state index contributed by atoms with van der Waals surface area (Å²) in [5.74, 6) is 1.82. The van der Waals surface area contributed by atoms with E-state index in [-0.39, 0.29) is 18.0 Å². The van der Waals surface area contributed by atoms with Crippen LogP contribution in [0.1, 0.15) is 81.2 Å². The van der Waals surface area contributed by atoms with Gasteiger partial charge in [-0.2, -0.15) is 0 Å². The highest BCUT2D eigenvalue weighted by molar-refractivity contribution is 5.84. The second kappa shape index (κ2) is 7.48. The highest BCUT2D eigenvalue weighted by Crippen LogP contribution is 2.41. The van der Waals surface area contributed by atoms with Crippen LogP contribution in [0.5, 0.6) is 0 Å². The van der Waals surface area contributed by atoms with Crippen molar-refractivity contribution in [2.45, 2.75) is 83.4 Å². The molecular formula is C24H30N4O3. The summed E-state index contributed by atoms with van der Waals surface area (Å²) in [6.45, 7) is 5.93. The molecule has 1 aliphatic heterocycles. The average molecular weight is 423 g/mol. The van der Waals surface area contributed by atoms with Crippen LogP contribution in [0.2, 0.25) is 0 Å². The first kappa shape index (κ1) is 20.2. The normalized spacial score (nSPS) is 26.5. The molecule has 0 unspecified atom stereocenters. The van der Waals surface area contributed by atoms with Gasteiger partial charge in [-0.3, -0.25) is 4.79 Å². The van der Waals surface area contributed by atoms with E-state index in [1.165, 1.54) is 0 Å². The van der Waals surface area contributed by atoms with Gasteiger partial charge >= 0.3 is 0 Å². The molecule has 1 amide bonds. The Morgan fingerprint density at radius 1 is 1.26 bits per heavy atom. The minimum Gasteiger partial charge on any atom is -0.390 e. The van der Waals surface area contributed by atoms with Crippen LogP contribution in [0.25, 0.3) is 22.2 Å². The second-order valence-electron chi connectivity index (χ2n) is 9.21. The molecular weight excluding hydrogens is 392 g/mol. The van der Waals surface area contributed by atoms with Gasteiger partial charge in [-0.25, -0.2) is 4.98 Å². The fraction of sp³-hybridized carbons (Fsp3) is 0.542. The van der Waals surface area contributed by atoms with Gasteiger partial charge in [-0.05, 0) is 70.1 Å². The number of rotatable bonds is 4. The number of hydrogen-bond acceptors (Lipinski definition) is 5. The van der Waals surface area contributed by atoms with Crippen LogP contribution in [0.3, 0.4) is 0 Å². The second-order valence-corrected chi connectivity index (χ2v) is 9.21. The van der Waals surface area contributed by atoms with E-state index < -0.39 is 5.60 Å². The molecule has 1 aliphatic carbocycles. The number of amides is 1. The number of nitrogens with zero attached hydrogens (tertiary/aromatic N) is 3. The fourth-order valence-electron chi connectivity index (χ4n) is 5.36. The first-order chi connectivity index (χ1) is 14.9. The van der Waals surface area contributed by atoms with Crippen molar-refractivity contribution < 1.29 is 14.4 Å². The lowest BCUT2D eigenvalue weighted by Crippen LogP contribution is -2.34. The Balaban J connectivity index is 1.59. The summed E-state index contributed by atoms with van der Waals surface area (Å²) >= 11 is 0. The Bertz CT molecular complexity index is 1120. The molecule has 3 heterocycles. The zero-order valence-corrected chi connectivity index (χ0v) is 18.4. The van der Waals surface area contributed by atoms with E-state index in [9.17, 15) is 9.90 Å². The Morgan fingerprint density at radius 3 is 2.65 bits per heavy atom. The SMILES string of the molecule is CCC1(O)CCC(n2c([C@@H]3CCC(=O)N3)nc3cc(-c4c(C)noc4C)ccc32)CC1. The lowest BCUT2D eigenvalue weighted by Gasteiger charge is -2.37. The van der Waals surface area contributed by atoms with Crippen LogP contribution >= 0.6 is 0 Å². The number of nitrogens with one attached hydrogen (secondary N) is 1. The van der Waals surface area contributed by atoms with Gasteiger partial charge in [0.25, 0.3) is 0 Å². The van der Waals surface area contributed by atoms with Gasteiger partial charge in [-0.15, -0.1) is 0 Å². The smallest absolute Gasteiger partial charge is 0.220 e. The van der Waals surface area contributed by atoms with E-state index in [4.69, 9.17) is 9.51 Å². The maximum atomic E-state index is 11.9. The third-order valence-electron chi connectivity index (χ3n) is 7.25. The molecule has 1 aromatic carbocycles. The third-order valence-corrected chi connectivity index (χ3v) is 7.25. The van der Waals surface area contributed by atoms with Gasteiger partial charge in [0.2, 0.25) is 5.91 Å². The minimum atomic E-state index is -0.550. The summed E-state index contributed by atoms with van der Waals surface area (Å²) in [6, 6.07) is 6.55. The van der Waals surface area contributed by atoms with Crippen LogP contribution in [0.4, 0.5) is 0 Å². The molecule has 1 atom stereocenters. The van der Waals surface area contributed by atoms with Crippen molar-refractivity contribution in [1.82, 2.24) is 20.0 Å². The minimum absolute atomic E-state index is 0.0607. The third kappa shape index (κ3) is 3.45. The molecule has 2 aromatic heterocycles. The van der Waals surface area contributed by atoms with Crippen molar-refractivity contribution in [3.8, 4) is 11.1 Å². The Morgan fingerprint density at radius 2 is 2.03 bits per heavy atom. The van der Waals surface area contributed by atoms with Gasteiger partial charge in [0.05, 0.1) is 28.4 Å². The maximum absolute atomic E-state index is 11.9. The average Bonchev–Trinajstić information content (AvgIpc) is 3.45. The highest BCUT2D eigenvalue weighted by Gasteiger charge is 2.35. The van der Waals surface area contributed by atoms with Crippen LogP contribution in [-0.2, 0) is 4.79 Å². The van der Waals surface area contributed by atoms with Crippen molar-refractivity contribution in [1.29, 1.82) is 0 Å². The molecule has 2 N–H and O–H groups in total. The highest BCUT2D eigenvalue weighted by atomic mass is 16.5. The molecule has 7 heteroatoms. The molecule has 3 aromatic rings. The van der Waals surface area contributed by atoms with Crippen molar-refractivity contribution in [3.63, 3.8) is 0 Å². The molecule has 164 valence electrons.